The lowest BCUT2D eigenvalue weighted by atomic mass is 9.97. The van der Waals surface area contributed by atoms with E-state index in [0.717, 1.165) is 29.2 Å². The molecule has 0 aromatic carbocycles. The highest BCUT2D eigenvalue weighted by atomic mass is 32.2. The summed E-state index contributed by atoms with van der Waals surface area (Å²) in [6, 6.07) is 5.04. The fraction of sp³-hybridized carbons (Fsp3) is 0.571. The van der Waals surface area contributed by atoms with E-state index in [4.69, 9.17) is 9.72 Å². The van der Waals surface area contributed by atoms with Crippen LogP contribution in [-0.2, 0) is 7.05 Å². The number of carbonyl (C=O) groups is 1. The molecular formula is C28H36F3N7O2S. The summed E-state index contributed by atoms with van der Waals surface area (Å²) in [5, 5.41) is 8.81. The summed E-state index contributed by atoms with van der Waals surface area (Å²) in [5.41, 5.74) is 0.390. The van der Waals surface area contributed by atoms with Gasteiger partial charge in [-0.05, 0) is 83.4 Å². The van der Waals surface area contributed by atoms with E-state index in [9.17, 15) is 18.0 Å². The molecule has 2 aliphatic rings. The summed E-state index contributed by atoms with van der Waals surface area (Å²) in [6.07, 6.45) is -1.41. The topological polar surface area (TPSA) is 90.1 Å². The zero-order chi connectivity index (χ0) is 29.7. The zero-order valence-corrected chi connectivity index (χ0v) is 25.0. The fourth-order valence-electron chi connectivity index (χ4n) is 5.65. The number of nitrogens with zero attached hydrogens (tertiary/aromatic N) is 6. The van der Waals surface area contributed by atoms with Gasteiger partial charge in [-0.25, -0.2) is 9.67 Å². The van der Waals surface area contributed by atoms with Crippen molar-refractivity contribution >= 4 is 23.7 Å². The summed E-state index contributed by atoms with van der Waals surface area (Å²) in [7, 11) is 1.86. The molecule has 1 saturated heterocycles. The number of alkyl halides is 3. The van der Waals surface area contributed by atoms with Crippen LogP contribution in [-0.4, -0.2) is 55.3 Å². The molecule has 0 bridgehead atoms. The SMILES string of the molecule is Cc1nn(C)c(C)c1SNC(=O)c1ccc(-n2ccc(OCCC3(C(F)(F)F)CC3)n2)nc1N1CC(C)CC1(C)C. The Labute approximate surface area is 242 Å². The van der Waals surface area contributed by atoms with E-state index in [0.29, 0.717) is 23.1 Å². The lowest BCUT2D eigenvalue weighted by Gasteiger charge is -2.34. The number of hydrogen-bond donors (Lipinski definition) is 1. The molecule has 1 N–H and O–H groups in total. The van der Waals surface area contributed by atoms with Crippen LogP contribution in [0.3, 0.4) is 0 Å². The number of aromatic nitrogens is 5. The molecule has 1 aliphatic heterocycles. The van der Waals surface area contributed by atoms with E-state index in [1.54, 1.807) is 29.1 Å². The van der Waals surface area contributed by atoms with Gasteiger partial charge >= 0.3 is 6.18 Å². The Kier molecular flexibility index (Phi) is 7.54. The van der Waals surface area contributed by atoms with Crippen LogP contribution in [0.1, 0.15) is 68.2 Å². The first-order valence-electron chi connectivity index (χ1n) is 13.7. The maximum Gasteiger partial charge on any atom is 0.394 e. The minimum atomic E-state index is -4.21. The summed E-state index contributed by atoms with van der Waals surface area (Å²) >= 11 is 1.23. The van der Waals surface area contributed by atoms with Gasteiger partial charge in [0.1, 0.15) is 5.82 Å². The maximum absolute atomic E-state index is 13.5. The second-order valence-corrected chi connectivity index (χ2v) is 12.7. The number of pyridine rings is 1. The minimum absolute atomic E-state index is 0.0677. The average molecular weight is 592 g/mol. The van der Waals surface area contributed by atoms with Crippen molar-refractivity contribution in [1.82, 2.24) is 29.3 Å². The van der Waals surface area contributed by atoms with Gasteiger partial charge in [0.25, 0.3) is 5.91 Å². The third-order valence-electron chi connectivity index (χ3n) is 8.21. The van der Waals surface area contributed by atoms with Gasteiger partial charge in [0.2, 0.25) is 5.88 Å². The highest BCUT2D eigenvalue weighted by molar-refractivity contribution is 7.98. The van der Waals surface area contributed by atoms with Crippen LogP contribution in [0, 0.1) is 25.2 Å². The lowest BCUT2D eigenvalue weighted by Crippen LogP contribution is -2.40. The average Bonchev–Trinajstić information content (AvgIpc) is 3.36. The highest BCUT2D eigenvalue weighted by Crippen LogP contribution is 2.59. The third kappa shape index (κ3) is 5.77. The van der Waals surface area contributed by atoms with Crippen LogP contribution >= 0.6 is 11.9 Å². The molecule has 41 heavy (non-hydrogen) atoms. The van der Waals surface area contributed by atoms with Gasteiger partial charge < -0.3 is 9.64 Å². The Morgan fingerprint density at radius 2 is 1.93 bits per heavy atom. The van der Waals surface area contributed by atoms with Crippen molar-refractivity contribution in [3.8, 4) is 11.7 Å². The Balaban J connectivity index is 1.37. The molecule has 2 fully saturated rings. The largest absolute Gasteiger partial charge is 0.477 e. The number of rotatable bonds is 9. The maximum atomic E-state index is 13.5. The van der Waals surface area contributed by atoms with Gasteiger partial charge in [-0.15, -0.1) is 5.10 Å². The fourth-order valence-corrected chi connectivity index (χ4v) is 6.42. The number of halogens is 3. The number of carbonyl (C=O) groups excluding carboxylic acids is 1. The molecule has 3 aromatic rings. The van der Waals surface area contributed by atoms with Gasteiger partial charge in [-0.1, -0.05) is 6.92 Å². The van der Waals surface area contributed by atoms with E-state index >= 15 is 0 Å². The van der Waals surface area contributed by atoms with Crippen LogP contribution in [0.15, 0.2) is 29.3 Å². The molecule has 9 nitrogen and oxygen atoms in total. The second kappa shape index (κ2) is 10.6. The van der Waals surface area contributed by atoms with Crippen LogP contribution in [0.2, 0.25) is 0 Å². The molecule has 222 valence electrons. The molecule has 1 atom stereocenters. The quantitative estimate of drug-likeness (QED) is 0.315. The molecule has 4 heterocycles. The van der Waals surface area contributed by atoms with Gasteiger partial charge in [-0.2, -0.15) is 18.3 Å². The first-order chi connectivity index (χ1) is 19.2. The number of anilines is 1. The molecule has 1 unspecified atom stereocenters. The standard InChI is InChI=1S/C28H36F3N7O2S/c1-17-15-26(4,5)37(16-17)24-20(25(39)35-41-23-18(2)33-36(6)19(23)3)7-8-21(32-24)38-13-9-22(34-38)40-14-12-27(10-11-27)28(29,30)31/h7-9,13,17H,10-12,14-16H2,1-6H3,(H,35,39). The molecule has 1 aliphatic carbocycles. The lowest BCUT2D eigenvalue weighted by molar-refractivity contribution is -0.190. The number of aryl methyl sites for hydroxylation is 2. The van der Waals surface area contributed by atoms with Crippen LogP contribution in [0.4, 0.5) is 19.0 Å². The Hall–Kier alpha value is -3.22. The first-order valence-corrected chi connectivity index (χ1v) is 14.5. The highest BCUT2D eigenvalue weighted by Gasteiger charge is 2.62. The molecular weight excluding hydrogens is 555 g/mol. The van der Waals surface area contributed by atoms with E-state index < -0.39 is 11.6 Å². The number of amides is 1. The first kappa shape index (κ1) is 29.3. The molecule has 1 amide bonds. The van der Waals surface area contributed by atoms with E-state index in [1.807, 2.05) is 20.9 Å². The molecule has 0 spiro atoms. The summed E-state index contributed by atoms with van der Waals surface area (Å²) in [5.74, 6) is 1.39. The molecule has 0 radical (unpaired) electrons. The summed E-state index contributed by atoms with van der Waals surface area (Å²) in [4.78, 5) is 21.4. The summed E-state index contributed by atoms with van der Waals surface area (Å²) in [6.45, 7) is 11.0. The van der Waals surface area contributed by atoms with Crippen LogP contribution in [0.25, 0.3) is 5.82 Å². The second-order valence-electron chi connectivity index (χ2n) is 11.9. The normalized spacial score (nSPS) is 19.4. The number of nitrogens with one attached hydrogen (secondary N) is 1. The van der Waals surface area contributed by atoms with Gasteiger partial charge in [0.15, 0.2) is 5.82 Å². The number of hydrogen-bond acceptors (Lipinski definition) is 7. The third-order valence-corrected chi connectivity index (χ3v) is 9.29. The van der Waals surface area contributed by atoms with Gasteiger partial charge in [0, 0.05) is 31.4 Å². The van der Waals surface area contributed by atoms with Crippen molar-refractivity contribution in [2.24, 2.45) is 18.4 Å². The van der Waals surface area contributed by atoms with Gasteiger partial charge in [-0.3, -0.25) is 14.2 Å². The molecule has 3 aromatic heterocycles. The van der Waals surface area contributed by atoms with E-state index in [1.165, 1.54) is 16.6 Å². The van der Waals surface area contributed by atoms with Crippen molar-refractivity contribution in [2.75, 3.05) is 18.1 Å². The molecule has 1 saturated carbocycles. The Bertz CT molecular complexity index is 1440. The van der Waals surface area contributed by atoms with Crippen LogP contribution in [0.5, 0.6) is 5.88 Å². The Morgan fingerprint density at radius 3 is 2.51 bits per heavy atom. The number of ether oxygens (including phenoxy) is 1. The van der Waals surface area contributed by atoms with Crippen molar-refractivity contribution < 1.29 is 22.7 Å². The smallest absolute Gasteiger partial charge is 0.394 e. The van der Waals surface area contributed by atoms with Crippen LogP contribution < -0.4 is 14.4 Å². The predicted octanol–water partition coefficient (Wildman–Crippen LogP) is 5.79. The van der Waals surface area contributed by atoms with Crippen molar-refractivity contribution in [1.29, 1.82) is 0 Å². The van der Waals surface area contributed by atoms with Crippen molar-refractivity contribution in [2.45, 2.75) is 76.9 Å². The minimum Gasteiger partial charge on any atom is -0.477 e. The van der Waals surface area contributed by atoms with Crippen molar-refractivity contribution in [3.05, 3.63) is 41.3 Å². The molecule has 13 heteroatoms. The Morgan fingerprint density at radius 1 is 1.20 bits per heavy atom. The van der Waals surface area contributed by atoms with Gasteiger partial charge in [0.05, 0.1) is 33.9 Å². The monoisotopic (exact) mass is 591 g/mol. The zero-order valence-electron chi connectivity index (χ0n) is 24.2. The predicted molar refractivity (Wildman–Crippen MR) is 150 cm³/mol. The van der Waals surface area contributed by atoms with E-state index in [-0.39, 0.29) is 43.2 Å². The van der Waals surface area contributed by atoms with Crippen molar-refractivity contribution in [3.63, 3.8) is 0 Å². The summed E-state index contributed by atoms with van der Waals surface area (Å²) < 4.78 is 51.5. The van der Waals surface area contributed by atoms with E-state index in [2.05, 4.69) is 40.6 Å². The molecule has 5 rings (SSSR count).